The van der Waals surface area contributed by atoms with E-state index in [4.69, 9.17) is 9.15 Å². The standard InChI is InChI=1S/C22H15FN4O2S2/c1-28-16-4-2-3-13(9-16)10-19-26-27-22(29-19)31-21-20-17(24-12-25-21)11-18(30-20)14-5-7-15(23)8-6-14/h2-9,11-12H,10H2,1H3. The molecule has 31 heavy (non-hydrogen) atoms. The number of methoxy groups -OCH3 is 1. The average molecular weight is 451 g/mol. The number of nitrogens with zero attached hydrogens (tertiary/aromatic N) is 4. The highest BCUT2D eigenvalue weighted by Crippen LogP contribution is 2.38. The predicted molar refractivity (Wildman–Crippen MR) is 117 cm³/mol. The zero-order valence-electron chi connectivity index (χ0n) is 16.3. The Balaban J connectivity index is 1.38. The first-order valence-corrected chi connectivity index (χ1v) is 10.9. The minimum absolute atomic E-state index is 0.262. The third-order valence-corrected chi connectivity index (χ3v) is 6.68. The van der Waals surface area contributed by atoms with Crippen molar-refractivity contribution in [3.8, 4) is 16.2 Å². The molecule has 0 spiro atoms. The molecule has 6 nitrogen and oxygen atoms in total. The van der Waals surface area contributed by atoms with E-state index < -0.39 is 0 Å². The zero-order valence-corrected chi connectivity index (χ0v) is 17.9. The number of rotatable bonds is 6. The van der Waals surface area contributed by atoms with Crippen molar-refractivity contribution < 1.29 is 13.5 Å². The minimum Gasteiger partial charge on any atom is -0.497 e. The second-order valence-electron chi connectivity index (χ2n) is 6.60. The van der Waals surface area contributed by atoms with Crippen LogP contribution in [0.5, 0.6) is 5.75 Å². The molecule has 0 aliphatic heterocycles. The average Bonchev–Trinajstić information content (AvgIpc) is 3.42. The molecule has 2 aromatic carbocycles. The molecule has 0 bridgehead atoms. The molecule has 0 aliphatic carbocycles. The molecule has 0 N–H and O–H groups in total. The quantitative estimate of drug-likeness (QED) is 0.310. The van der Waals surface area contributed by atoms with Gasteiger partial charge < -0.3 is 9.15 Å². The first-order valence-electron chi connectivity index (χ1n) is 9.31. The molecule has 9 heteroatoms. The molecule has 0 unspecified atom stereocenters. The third-order valence-electron chi connectivity index (χ3n) is 4.53. The largest absolute Gasteiger partial charge is 0.497 e. The summed E-state index contributed by atoms with van der Waals surface area (Å²) >= 11 is 2.85. The van der Waals surface area contributed by atoms with Crippen molar-refractivity contribution in [3.05, 3.63) is 78.2 Å². The van der Waals surface area contributed by atoms with Gasteiger partial charge in [0.05, 0.1) is 23.7 Å². The van der Waals surface area contributed by atoms with Gasteiger partial charge in [-0.15, -0.1) is 21.5 Å². The van der Waals surface area contributed by atoms with Crippen LogP contribution in [0.2, 0.25) is 0 Å². The van der Waals surface area contributed by atoms with Crippen molar-refractivity contribution in [2.24, 2.45) is 0 Å². The molecule has 5 aromatic rings. The van der Waals surface area contributed by atoms with Gasteiger partial charge >= 0.3 is 0 Å². The Labute approximate surface area is 185 Å². The molecule has 0 aliphatic rings. The fraction of sp³-hybridized carbons (Fsp3) is 0.0909. The lowest BCUT2D eigenvalue weighted by molar-refractivity contribution is 0.412. The van der Waals surface area contributed by atoms with E-state index in [2.05, 4.69) is 20.2 Å². The van der Waals surface area contributed by atoms with Gasteiger partial charge in [0.1, 0.15) is 22.9 Å². The molecule has 3 heterocycles. The van der Waals surface area contributed by atoms with Crippen molar-refractivity contribution in [2.45, 2.75) is 16.7 Å². The molecule has 0 fully saturated rings. The summed E-state index contributed by atoms with van der Waals surface area (Å²) in [5.74, 6) is 1.03. The van der Waals surface area contributed by atoms with Gasteiger partial charge in [0.15, 0.2) is 0 Å². The summed E-state index contributed by atoms with van der Waals surface area (Å²) in [5.41, 5.74) is 2.77. The first kappa shape index (κ1) is 19.7. The fourth-order valence-corrected chi connectivity index (χ4v) is 4.99. The zero-order chi connectivity index (χ0) is 21.2. The number of hydrogen-bond acceptors (Lipinski definition) is 8. The Morgan fingerprint density at radius 1 is 1.06 bits per heavy atom. The summed E-state index contributed by atoms with van der Waals surface area (Å²) in [6, 6.07) is 16.1. The molecule has 0 saturated heterocycles. The second-order valence-corrected chi connectivity index (χ2v) is 8.60. The summed E-state index contributed by atoms with van der Waals surface area (Å²) in [4.78, 5) is 9.74. The van der Waals surface area contributed by atoms with Crippen LogP contribution in [0.4, 0.5) is 4.39 Å². The number of benzene rings is 2. The van der Waals surface area contributed by atoms with E-state index in [0.717, 1.165) is 37.0 Å². The first-order chi connectivity index (χ1) is 15.2. The third kappa shape index (κ3) is 4.28. The smallest absolute Gasteiger partial charge is 0.283 e. The molecule has 154 valence electrons. The van der Waals surface area contributed by atoms with Crippen molar-refractivity contribution in [1.29, 1.82) is 0 Å². The normalized spacial score (nSPS) is 11.2. The van der Waals surface area contributed by atoms with Gasteiger partial charge in [0.2, 0.25) is 5.89 Å². The predicted octanol–water partition coefficient (Wildman–Crippen LogP) is 5.63. The molecule has 3 aromatic heterocycles. The number of ether oxygens (including phenoxy) is 1. The van der Waals surface area contributed by atoms with Crippen molar-refractivity contribution >= 4 is 33.3 Å². The molecular formula is C22H15FN4O2S2. The highest BCUT2D eigenvalue weighted by atomic mass is 32.2. The van der Waals surface area contributed by atoms with E-state index in [1.54, 1.807) is 30.6 Å². The van der Waals surface area contributed by atoms with E-state index in [1.165, 1.54) is 30.2 Å². The fourth-order valence-electron chi connectivity index (χ4n) is 3.05. The van der Waals surface area contributed by atoms with Crippen LogP contribution in [-0.2, 0) is 6.42 Å². The van der Waals surface area contributed by atoms with E-state index >= 15 is 0 Å². The molecular weight excluding hydrogens is 435 g/mol. The van der Waals surface area contributed by atoms with E-state index in [9.17, 15) is 4.39 Å². The van der Waals surface area contributed by atoms with Crippen LogP contribution in [0.1, 0.15) is 11.5 Å². The SMILES string of the molecule is COc1cccc(Cc2nnc(Sc3ncnc4cc(-c5ccc(F)cc5)sc34)o2)c1. The number of aromatic nitrogens is 4. The summed E-state index contributed by atoms with van der Waals surface area (Å²) in [6.07, 6.45) is 2.02. The topological polar surface area (TPSA) is 73.9 Å². The highest BCUT2D eigenvalue weighted by molar-refractivity contribution is 7.99. The maximum absolute atomic E-state index is 13.2. The minimum atomic E-state index is -0.262. The van der Waals surface area contributed by atoms with E-state index in [-0.39, 0.29) is 5.82 Å². The summed E-state index contributed by atoms with van der Waals surface area (Å²) in [5, 5.41) is 9.45. The lowest BCUT2D eigenvalue weighted by Gasteiger charge is -2.01. The number of hydrogen-bond donors (Lipinski definition) is 0. The highest BCUT2D eigenvalue weighted by Gasteiger charge is 2.15. The summed E-state index contributed by atoms with van der Waals surface area (Å²) in [7, 11) is 1.63. The number of fused-ring (bicyclic) bond motifs is 1. The van der Waals surface area contributed by atoms with Crippen LogP contribution in [0.15, 0.2) is 75.6 Å². The Morgan fingerprint density at radius 3 is 2.77 bits per heavy atom. The lowest BCUT2D eigenvalue weighted by Crippen LogP contribution is -1.90. The molecule has 0 amide bonds. The molecule has 5 rings (SSSR count). The Bertz CT molecular complexity index is 1350. The van der Waals surface area contributed by atoms with Gasteiger partial charge in [0, 0.05) is 4.88 Å². The van der Waals surface area contributed by atoms with Gasteiger partial charge in [-0.1, -0.05) is 24.3 Å². The Hall–Kier alpha value is -3.30. The molecule has 0 saturated carbocycles. The lowest BCUT2D eigenvalue weighted by atomic mass is 10.1. The number of halogens is 1. The van der Waals surface area contributed by atoms with E-state index in [0.29, 0.717) is 17.5 Å². The van der Waals surface area contributed by atoms with Crippen LogP contribution in [0, 0.1) is 5.82 Å². The van der Waals surface area contributed by atoms with Gasteiger partial charge in [-0.3, -0.25) is 0 Å². The molecule has 0 radical (unpaired) electrons. The van der Waals surface area contributed by atoms with Crippen LogP contribution in [0.3, 0.4) is 0 Å². The van der Waals surface area contributed by atoms with Gasteiger partial charge in [-0.25, -0.2) is 14.4 Å². The summed E-state index contributed by atoms with van der Waals surface area (Å²) < 4.78 is 25.2. The van der Waals surface area contributed by atoms with Crippen molar-refractivity contribution in [1.82, 2.24) is 20.2 Å². The van der Waals surface area contributed by atoms with Gasteiger partial charge in [-0.2, -0.15) is 0 Å². The van der Waals surface area contributed by atoms with Crippen molar-refractivity contribution in [2.75, 3.05) is 7.11 Å². The van der Waals surface area contributed by atoms with Crippen LogP contribution in [0.25, 0.3) is 20.7 Å². The Morgan fingerprint density at radius 2 is 1.94 bits per heavy atom. The maximum atomic E-state index is 13.2. The van der Waals surface area contributed by atoms with Crippen LogP contribution >= 0.6 is 23.1 Å². The van der Waals surface area contributed by atoms with Gasteiger partial charge in [-0.05, 0) is 53.2 Å². The van der Waals surface area contributed by atoms with Crippen molar-refractivity contribution in [3.63, 3.8) is 0 Å². The van der Waals surface area contributed by atoms with Crippen LogP contribution in [-0.4, -0.2) is 27.3 Å². The van der Waals surface area contributed by atoms with E-state index in [1.807, 2.05) is 30.3 Å². The summed E-state index contributed by atoms with van der Waals surface area (Å²) in [6.45, 7) is 0. The van der Waals surface area contributed by atoms with Gasteiger partial charge in [0.25, 0.3) is 5.22 Å². The maximum Gasteiger partial charge on any atom is 0.283 e. The van der Waals surface area contributed by atoms with Crippen LogP contribution < -0.4 is 4.74 Å². The molecule has 0 atom stereocenters. The number of thiophene rings is 1. The second kappa shape index (κ2) is 8.44. The Kier molecular flexibility index (Phi) is 5.35. The monoisotopic (exact) mass is 450 g/mol.